The zero-order chi connectivity index (χ0) is 19.2. The molecule has 0 aliphatic carbocycles. The van der Waals surface area contributed by atoms with Crippen LogP contribution >= 0.6 is 11.6 Å². The molecule has 1 amide bonds. The third-order valence-corrected chi connectivity index (χ3v) is 5.08. The third-order valence-electron chi connectivity index (χ3n) is 4.85. The van der Waals surface area contributed by atoms with E-state index in [9.17, 15) is 4.79 Å². The van der Waals surface area contributed by atoms with Gasteiger partial charge < -0.3 is 14.7 Å². The number of unbranched alkanes of at least 4 members (excludes halogenated alkanes) is 1. The van der Waals surface area contributed by atoms with Crippen LogP contribution in [0, 0.1) is 0 Å². The van der Waals surface area contributed by atoms with Gasteiger partial charge in [-0.25, -0.2) is 0 Å². The minimum absolute atomic E-state index is 0.0593. The number of nitrogens with zero attached hydrogens (tertiary/aromatic N) is 5. The molecule has 2 heterocycles. The summed E-state index contributed by atoms with van der Waals surface area (Å²) >= 11 is 6.08. The summed E-state index contributed by atoms with van der Waals surface area (Å²) in [7, 11) is 2.00. The molecule has 7 heteroatoms. The van der Waals surface area contributed by atoms with Gasteiger partial charge in [0, 0.05) is 50.5 Å². The summed E-state index contributed by atoms with van der Waals surface area (Å²) in [5.41, 5.74) is 1.49. The standard InChI is InChI=1S/C20H26ClN5O/c1-3-4-10-24(2)19-9-8-18(22-23-19)20(27)26-13-11-25(12-14-26)17-7-5-6-16(21)15-17/h5-9,15H,3-4,10-14H2,1-2H3. The number of carbonyl (C=O) groups is 1. The highest BCUT2D eigenvalue weighted by Crippen LogP contribution is 2.21. The van der Waals surface area contributed by atoms with E-state index in [0.717, 1.165) is 49.0 Å². The van der Waals surface area contributed by atoms with Gasteiger partial charge in [0.1, 0.15) is 0 Å². The zero-order valence-electron chi connectivity index (χ0n) is 15.9. The Morgan fingerprint density at radius 2 is 1.93 bits per heavy atom. The number of amides is 1. The van der Waals surface area contributed by atoms with Gasteiger partial charge in [-0.1, -0.05) is 31.0 Å². The van der Waals surface area contributed by atoms with Gasteiger partial charge in [0.05, 0.1) is 0 Å². The van der Waals surface area contributed by atoms with E-state index in [4.69, 9.17) is 11.6 Å². The van der Waals surface area contributed by atoms with Gasteiger partial charge in [0.2, 0.25) is 0 Å². The van der Waals surface area contributed by atoms with Crippen LogP contribution in [-0.4, -0.2) is 60.8 Å². The van der Waals surface area contributed by atoms with Crippen molar-refractivity contribution >= 4 is 29.0 Å². The van der Waals surface area contributed by atoms with Crippen molar-refractivity contribution in [2.45, 2.75) is 19.8 Å². The molecule has 1 aromatic heterocycles. The summed E-state index contributed by atoms with van der Waals surface area (Å²) in [4.78, 5) is 18.9. The Balaban J connectivity index is 1.57. The van der Waals surface area contributed by atoms with Crippen molar-refractivity contribution in [3.8, 4) is 0 Å². The van der Waals surface area contributed by atoms with Gasteiger partial charge in [0.15, 0.2) is 11.5 Å². The van der Waals surface area contributed by atoms with Crippen LogP contribution in [0.25, 0.3) is 0 Å². The Morgan fingerprint density at radius 1 is 1.15 bits per heavy atom. The van der Waals surface area contributed by atoms with Gasteiger partial charge in [-0.15, -0.1) is 10.2 Å². The second kappa shape index (κ2) is 9.04. The number of piperazine rings is 1. The van der Waals surface area contributed by atoms with Crippen molar-refractivity contribution in [1.29, 1.82) is 0 Å². The molecular weight excluding hydrogens is 362 g/mol. The van der Waals surface area contributed by atoms with Crippen LogP contribution in [0.2, 0.25) is 5.02 Å². The molecule has 1 aliphatic heterocycles. The summed E-state index contributed by atoms with van der Waals surface area (Å²) in [6, 6.07) is 11.5. The zero-order valence-corrected chi connectivity index (χ0v) is 16.7. The first kappa shape index (κ1) is 19.4. The minimum Gasteiger partial charge on any atom is -0.368 e. The normalized spacial score (nSPS) is 14.3. The predicted octanol–water partition coefficient (Wildman–Crippen LogP) is 3.33. The highest BCUT2D eigenvalue weighted by molar-refractivity contribution is 6.30. The van der Waals surface area contributed by atoms with Crippen molar-refractivity contribution in [3.05, 3.63) is 47.1 Å². The lowest BCUT2D eigenvalue weighted by molar-refractivity contribution is 0.0739. The molecule has 0 radical (unpaired) electrons. The molecule has 0 saturated carbocycles. The molecule has 0 atom stereocenters. The molecule has 2 aromatic rings. The van der Waals surface area contributed by atoms with Crippen molar-refractivity contribution < 1.29 is 4.79 Å². The largest absolute Gasteiger partial charge is 0.368 e. The number of benzene rings is 1. The van der Waals surface area contributed by atoms with E-state index in [-0.39, 0.29) is 5.91 Å². The van der Waals surface area contributed by atoms with Crippen LogP contribution in [0.1, 0.15) is 30.3 Å². The Bertz CT molecular complexity index is 759. The number of rotatable bonds is 6. The van der Waals surface area contributed by atoms with Crippen LogP contribution in [0.4, 0.5) is 11.5 Å². The molecule has 0 bridgehead atoms. The molecular formula is C20H26ClN5O. The molecule has 3 rings (SSSR count). The highest BCUT2D eigenvalue weighted by atomic mass is 35.5. The number of carbonyl (C=O) groups excluding carboxylic acids is 1. The first-order chi connectivity index (χ1) is 13.1. The lowest BCUT2D eigenvalue weighted by Crippen LogP contribution is -2.49. The summed E-state index contributed by atoms with van der Waals surface area (Å²) in [5, 5.41) is 9.11. The van der Waals surface area contributed by atoms with Gasteiger partial charge in [-0.2, -0.15) is 0 Å². The summed E-state index contributed by atoms with van der Waals surface area (Å²) < 4.78 is 0. The van der Waals surface area contributed by atoms with Crippen LogP contribution in [-0.2, 0) is 0 Å². The summed E-state index contributed by atoms with van der Waals surface area (Å²) in [5.74, 6) is 0.738. The second-order valence-corrected chi connectivity index (χ2v) is 7.25. The monoisotopic (exact) mass is 387 g/mol. The van der Waals surface area contributed by atoms with Gasteiger partial charge >= 0.3 is 0 Å². The van der Waals surface area contributed by atoms with Crippen LogP contribution in [0.5, 0.6) is 0 Å². The number of hydrogen-bond acceptors (Lipinski definition) is 5. The molecule has 0 N–H and O–H groups in total. The molecule has 144 valence electrons. The summed E-state index contributed by atoms with van der Waals surface area (Å²) in [6.07, 6.45) is 2.24. The molecule has 1 aromatic carbocycles. The quantitative estimate of drug-likeness (QED) is 0.761. The van der Waals surface area contributed by atoms with Crippen LogP contribution in [0.3, 0.4) is 0 Å². The Kier molecular flexibility index (Phi) is 6.50. The van der Waals surface area contributed by atoms with Gasteiger partial charge in [0.25, 0.3) is 5.91 Å². The van der Waals surface area contributed by atoms with E-state index in [0.29, 0.717) is 18.8 Å². The van der Waals surface area contributed by atoms with E-state index >= 15 is 0 Å². The highest BCUT2D eigenvalue weighted by Gasteiger charge is 2.23. The van der Waals surface area contributed by atoms with Gasteiger partial charge in [-0.05, 0) is 36.8 Å². The predicted molar refractivity (Wildman–Crippen MR) is 110 cm³/mol. The number of aromatic nitrogens is 2. The fourth-order valence-corrected chi connectivity index (χ4v) is 3.34. The molecule has 0 unspecified atom stereocenters. The maximum absolute atomic E-state index is 12.7. The Hall–Kier alpha value is -2.34. The van der Waals surface area contributed by atoms with E-state index in [2.05, 4.69) is 26.9 Å². The van der Waals surface area contributed by atoms with Crippen molar-refractivity contribution in [1.82, 2.24) is 15.1 Å². The van der Waals surface area contributed by atoms with E-state index in [1.54, 1.807) is 6.07 Å². The van der Waals surface area contributed by atoms with Crippen molar-refractivity contribution in [2.75, 3.05) is 49.6 Å². The third kappa shape index (κ3) is 4.89. The number of hydrogen-bond donors (Lipinski definition) is 0. The molecule has 1 fully saturated rings. The van der Waals surface area contributed by atoms with E-state index < -0.39 is 0 Å². The molecule has 27 heavy (non-hydrogen) atoms. The maximum atomic E-state index is 12.7. The van der Waals surface area contributed by atoms with E-state index in [1.807, 2.05) is 42.3 Å². The maximum Gasteiger partial charge on any atom is 0.274 e. The second-order valence-electron chi connectivity index (χ2n) is 6.81. The van der Waals surface area contributed by atoms with Gasteiger partial charge in [-0.3, -0.25) is 4.79 Å². The first-order valence-corrected chi connectivity index (χ1v) is 9.81. The Labute approximate surface area is 165 Å². The number of halogens is 1. The Morgan fingerprint density at radius 3 is 2.56 bits per heavy atom. The molecule has 0 spiro atoms. The minimum atomic E-state index is -0.0593. The smallest absolute Gasteiger partial charge is 0.274 e. The molecule has 1 aliphatic rings. The fraction of sp³-hybridized carbons (Fsp3) is 0.450. The van der Waals surface area contributed by atoms with Crippen LogP contribution < -0.4 is 9.80 Å². The summed E-state index contributed by atoms with van der Waals surface area (Å²) in [6.45, 7) is 5.96. The molecule has 6 nitrogen and oxygen atoms in total. The van der Waals surface area contributed by atoms with Crippen molar-refractivity contribution in [2.24, 2.45) is 0 Å². The SMILES string of the molecule is CCCCN(C)c1ccc(C(=O)N2CCN(c3cccc(Cl)c3)CC2)nn1. The average Bonchev–Trinajstić information content (AvgIpc) is 2.71. The van der Waals surface area contributed by atoms with Crippen molar-refractivity contribution in [3.63, 3.8) is 0 Å². The fourth-order valence-electron chi connectivity index (χ4n) is 3.16. The average molecular weight is 388 g/mol. The lowest BCUT2D eigenvalue weighted by atomic mass is 10.2. The lowest BCUT2D eigenvalue weighted by Gasteiger charge is -2.36. The first-order valence-electron chi connectivity index (χ1n) is 9.43. The van der Waals surface area contributed by atoms with Crippen LogP contribution in [0.15, 0.2) is 36.4 Å². The molecule has 1 saturated heterocycles. The number of anilines is 2. The van der Waals surface area contributed by atoms with E-state index in [1.165, 1.54) is 0 Å². The topological polar surface area (TPSA) is 52.6 Å².